The number of ether oxygens (including phenoxy) is 1. The minimum absolute atomic E-state index is 0.834. The lowest BCUT2D eigenvalue weighted by atomic mass is 10.2. The zero-order chi connectivity index (χ0) is 12.1. The van der Waals surface area contributed by atoms with Crippen LogP contribution in [0, 0.1) is 0 Å². The van der Waals surface area contributed by atoms with Crippen LogP contribution in [0.25, 0.3) is 0 Å². The number of hydrogen-bond donors (Lipinski definition) is 1. The molecule has 2 aromatic rings. The Hall–Kier alpha value is -1.32. The minimum atomic E-state index is 0.834. The smallest absolute Gasteiger partial charge is 0.128 e. The van der Waals surface area contributed by atoms with Gasteiger partial charge in [-0.2, -0.15) is 0 Å². The van der Waals surface area contributed by atoms with Gasteiger partial charge in [-0.1, -0.05) is 34.1 Å². The van der Waals surface area contributed by atoms with Crippen molar-refractivity contribution in [2.75, 3.05) is 7.05 Å². The van der Waals surface area contributed by atoms with Crippen LogP contribution in [-0.2, 0) is 6.54 Å². The van der Waals surface area contributed by atoms with Gasteiger partial charge in [0.05, 0.1) is 0 Å². The summed E-state index contributed by atoms with van der Waals surface area (Å²) in [5, 5.41) is 3.11. The highest BCUT2D eigenvalue weighted by molar-refractivity contribution is 9.10. The molecule has 1 N–H and O–H groups in total. The van der Waals surface area contributed by atoms with Crippen LogP contribution < -0.4 is 10.1 Å². The summed E-state index contributed by atoms with van der Waals surface area (Å²) in [5.74, 6) is 1.68. The van der Waals surface area contributed by atoms with Gasteiger partial charge < -0.3 is 10.1 Å². The molecular weight excluding hydrogens is 278 g/mol. The highest BCUT2D eigenvalue weighted by atomic mass is 79.9. The van der Waals surface area contributed by atoms with Gasteiger partial charge in [-0.15, -0.1) is 0 Å². The van der Waals surface area contributed by atoms with E-state index in [1.54, 1.807) is 0 Å². The van der Waals surface area contributed by atoms with Crippen LogP contribution in [-0.4, -0.2) is 7.05 Å². The molecule has 0 unspecified atom stereocenters. The maximum Gasteiger partial charge on any atom is 0.128 e. The average Bonchev–Trinajstić information content (AvgIpc) is 2.32. The van der Waals surface area contributed by atoms with Gasteiger partial charge in [0.15, 0.2) is 0 Å². The van der Waals surface area contributed by atoms with Crippen molar-refractivity contribution >= 4 is 15.9 Å². The first kappa shape index (κ1) is 12.1. The third-order valence-corrected chi connectivity index (χ3v) is 2.83. The van der Waals surface area contributed by atoms with Gasteiger partial charge in [0, 0.05) is 11.0 Å². The van der Waals surface area contributed by atoms with Crippen LogP contribution in [0.2, 0.25) is 0 Å². The van der Waals surface area contributed by atoms with E-state index in [1.165, 1.54) is 5.56 Å². The van der Waals surface area contributed by atoms with Crippen LogP contribution in [0.1, 0.15) is 5.56 Å². The van der Waals surface area contributed by atoms with Crippen molar-refractivity contribution in [1.82, 2.24) is 5.32 Å². The van der Waals surface area contributed by atoms with E-state index >= 15 is 0 Å². The average molecular weight is 292 g/mol. The monoisotopic (exact) mass is 291 g/mol. The molecule has 0 spiro atoms. The van der Waals surface area contributed by atoms with E-state index in [0.29, 0.717) is 0 Å². The molecule has 0 aromatic heterocycles. The third kappa shape index (κ3) is 3.58. The van der Waals surface area contributed by atoms with Crippen LogP contribution in [0.5, 0.6) is 11.5 Å². The van der Waals surface area contributed by atoms with E-state index in [9.17, 15) is 0 Å². The van der Waals surface area contributed by atoms with E-state index in [-0.39, 0.29) is 0 Å². The second-order valence-electron chi connectivity index (χ2n) is 3.73. The Bertz CT molecular complexity index is 482. The summed E-state index contributed by atoms with van der Waals surface area (Å²) < 4.78 is 6.76. The number of halogens is 1. The number of hydrogen-bond acceptors (Lipinski definition) is 2. The van der Waals surface area contributed by atoms with Crippen molar-refractivity contribution < 1.29 is 4.74 Å². The Balaban J connectivity index is 2.08. The maximum atomic E-state index is 5.74. The van der Waals surface area contributed by atoms with Crippen LogP contribution in [0.15, 0.2) is 53.0 Å². The molecule has 2 nitrogen and oxygen atoms in total. The molecule has 2 rings (SSSR count). The molecule has 0 saturated heterocycles. The van der Waals surface area contributed by atoms with Crippen LogP contribution >= 0.6 is 15.9 Å². The van der Waals surface area contributed by atoms with Crippen molar-refractivity contribution in [2.45, 2.75) is 6.54 Å². The predicted molar refractivity (Wildman–Crippen MR) is 73.4 cm³/mol. The second-order valence-corrected chi connectivity index (χ2v) is 4.65. The first-order valence-corrected chi connectivity index (χ1v) is 6.24. The van der Waals surface area contributed by atoms with Crippen molar-refractivity contribution in [3.63, 3.8) is 0 Å². The molecule has 0 saturated carbocycles. The van der Waals surface area contributed by atoms with E-state index in [0.717, 1.165) is 22.5 Å². The van der Waals surface area contributed by atoms with Crippen LogP contribution in [0.3, 0.4) is 0 Å². The first-order valence-electron chi connectivity index (χ1n) is 5.45. The fourth-order valence-electron chi connectivity index (χ4n) is 1.55. The standard InChI is InChI=1S/C14H14BrNO/c1-16-10-11-5-7-13(8-6-11)17-14-4-2-3-12(15)9-14/h2-9,16H,10H2,1H3. The number of benzene rings is 2. The Morgan fingerprint density at radius 3 is 2.47 bits per heavy atom. The molecule has 88 valence electrons. The highest BCUT2D eigenvalue weighted by Crippen LogP contribution is 2.24. The Morgan fingerprint density at radius 2 is 1.82 bits per heavy atom. The summed E-state index contributed by atoms with van der Waals surface area (Å²) in [7, 11) is 1.94. The largest absolute Gasteiger partial charge is 0.457 e. The van der Waals surface area contributed by atoms with E-state index < -0.39 is 0 Å². The predicted octanol–water partition coefficient (Wildman–Crippen LogP) is 3.96. The molecule has 17 heavy (non-hydrogen) atoms. The van der Waals surface area contributed by atoms with Gasteiger partial charge in [0.2, 0.25) is 0 Å². The normalized spacial score (nSPS) is 10.2. The molecule has 0 aliphatic heterocycles. The van der Waals surface area contributed by atoms with Gasteiger partial charge >= 0.3 is 0 Å². The Labute approximate surface area is 110 Å². The van der Waals surface area contributed by atoms with Gasteiger partial charge in [-0.3, -0.25) is 0 Å². The number of nitrogens with one attached hydrogen (secondary N) is 1. The molecule has 0 atom stereocenters. The van der Waals surface area contributed by atoms with Crippen LogP contribution in [0.4, 0.5) is 0 Å². The molecule has 2 aromatic carbocycles. The second kappa shape index (κ2) is 5.84. The van der Waals surface area contributed by atoms with E-state index in [2.05, 4.69) is 33.4 Å². The molecular formula is C14H14BrNO. The SMILES string of the molecule is CNCc1ccc(Oc2cccc(Br)c2)cc1. The molecule has 0 bridgehead atoms. The van der Waals surface area contributed by atoms with Crippen molar-refractivity contribution in [3.05, 3.63) is 58.6 Å². The third-order valence-electron chi connectivity index (χ3n) is 2.34. The Kier molecular flexibility index (Phi) is 4.18. The summed E-state index contributed by atoms with van der Waals surface area (Å²) in [6.07, 6.45) is 0. The molecule has 0 radical (unpaired) electrons. The van der Waals surface area contributed by atoms with Gasteiger partial charge in [-0.05, 0) is 42.9 Å². The van der Waals surface area contributed by atoms with E-state index in [1.807, 2.05) is 43.4 Å². The molecule has 3 heteroatoms. The lowest BCUT2D eigenvalue weighted by Gasteiger charge is -2.07. The molecule has 0 fully saturated rings. The molecule has 0 aliphatic carbocycles. The topological polar surface area (TPSA) is 21.3 Å². The van der Waals surface area contributed by atoms with Crippen molar-refractivity contribution in [3.8, 4) is 11.5 Å². The highest BCUT2D eigenvalue weighted by Gasteiger charge is 1.98. The molecule has 0 heterocycles. The fourth-order valence-corrected chi connectivity index (χ4v) is 1.92. The quantitative estimate of drug-likeness (QED) is 0.921. The molecule has 0 aliphatic rings. The van der Waals surface area contributed by atoms with Gasteiger partial charge in [0.25, 0.3) is 0 Å². The summed E-state index contributed by atoms with van der Waals surface area (Å²) >= 11 is 3.42. The van der Waals surface area contributed by atoms with E-state index in [4.69, 9.17) is 4.74 Å². The Morgan fingerprint density at radius 1 is 1.06 bits per heavy atom. The maximum absolute atomic E-state index is 5.74. The summed E-state index contributed by atoms with van der Waals surface area (Å²) in [5.41, 5.74) is 1.24. The van der Waals surface area contributed by atoms with Gasteiger partial charge in [0.1, 0.15) is 11.5 Å². The molecule has 0 amide bonds. The zero-order valence-corrected chi connectivity index (χ0v) is 11.2. The minimum Gasteiger partial charge on any atom is -0.457 e. The lowest BCUT2D eigenvalue weighted by molar-refractivity contribution is 0.482. The first-order chi connectivity index (χ1) is 8.28. The van der Waals surface area contributed by atoms with Crippen molar-refractivity contribution in [2.24, 2.45) is 0 Å². The lowest BCUT2D eigenvalue weighted by Crippen LogP contribution is -2.04. The van der Waals surface area contributed by atoms with Crippen molar-refractivity contribution in [1.29, 1.82) is 0 Å². The summed E-state index contributed by atoms with van der Waals surface area (Å²) in [6, 6.07) is 15.9. The van der Waals surface area contributed by atoms with Gasteiger partial charge in [-0.25, -0.2) is 0 Å². The number of rotatable bonds is 4. The fraction of sp³-hybridized carbons (Fsp3) is 0.143. The summed E-state index contributed by atoms with van der Waals surface area (Å²) in [4.78, 5) is 0. The zero-order valence-electron chi connectivity index (χ0n) is 9.61. The summed E-state index contributed by atoms with van der Waals surface area (Å²) in [6.45, 7) is 0.872.